The van der Waals surface area contributed by atoms with Crippen molar-refractivity contribution in [3.05, 3.63) is 42.2 Å². The molecule has 82 valence electrons. The molecule has 0 fully saturated rings. The van der Waals surface area contributed by atoms with Gasteiger partial charge in [-0.15, -0.1) is 5.10 Å². The first-order valence-corrected chi connectivity index (χ1v) is 5.07. The van der Waals surface area contributed by atoms with Crippen molar-refractivity contribution in [2.24, 2.45) is 0 Å². The third kappa shape index (κ3) is 2.08. The summed E-state index contributed by atoms with van der Waals surface area (Å²) in [6, 6.07) is 9.45. The van der Waals surface area contributed by atoms with Crippen LogP contribution in [0.15, 0.2) is 36.5 Å². The lowest BCUT2D eigenvalue weighted by Gasteiger charge is -1.98. The molecule has 1 amide bonds. The Labute approximate surface area is 93.1 Å². The highest BCUT2D eigenvalue weighted by Crippen LogP contribution is 2.03. The average molecular weight is 216 g/mol. The van der Waals surface area contributed by atoms with Crippen LogP contribution in [0, 0.1) is 0 Å². The number of benzene rings is 1. The van der Waals surface area contributed by atoms with Crippen LogP contribution in [0.3, 0.4) is 0 Å². The van der Waals surface area contributed by atoms with E-state index in [1.807, 2.05) is 37.3 Å². The van der Waals surface area contributed by atoms with E-state index < -0.39 is 0 Å². The fourth-order valence-electron chi connectivity index (χ4n) is 1.30. The normalized spacial score (nSPS) is 10.1. The molecule has 16 heavy (non-hydrogen) atoms. The number of carbonyl (C=O) groups excluding carboxylic acids is 1. The first kappa shape index (κ1) is 10.4. The highest BCUT2D eigenvalue weighted by Gasteiger charge is 2.09. The molecule has 0 aliphatic rings. The van der Waals surface area contributed by atoms with Crippen LogP contribution in [0.4, 0.5) is 0 Å². The smallest absolute Gasteiger partial charge is 0.273 e. The second kappa shape index (κ2) is 4.57. The molecule has 1 aromatic carbocycles. The van der Waals surface area contributed by atoms with E-state index in [1.54, 1.807) is 0 Å². The van der Waals surface area contributed by atoms with E-state index in [2.05, 4.69) is 15.5 Å². The standard InChI is InChI=1S/C11H12N4O/c1-2-12-11(16)10-8-13-15(14-10)9-6-4-3-5-7-9/h3-8H,2H2,1H3,(H,12,16). The highest BCUT2D eigenvalue weighted by atomic mass is 16.2. The van der Waals surface area contributed by atoms with Crippen molar-refractivity contribution in [3.8, 4) is 5.69 Å². The van der Waals surface area contributed by atoms with Gasteiger partial charge in [-0.25, -0.2) is 0 Å². The van der Waals surface area contributed by atoms with Crippen molar-refractivity contribution in [1.82, 2.24) is 20.3 Å². The molecule has 0 radical (unpaired) electrons. The molecule has 0 saturated heterocycles. The molecule has 1 N–H and O–H groups in total. The fraction of sp³-hybridized carbons (Fsp3) is 0.182. The maximum atomic E-state index is 11.5. The predicted molar refractivity (Wildman–Crippen MR) is 59.4 cm³/mol. The number of amides is 1. The SMILES string of the molecule is CCNC(=O)c1cnn(-c2ccccc2)n1. The molecule has 1 aromatic heterocycles. The Morgan fingerprint density at radius 1 is 1.38 bits per heavy atom. The van der Waals surface area contributed by atoms with Gasteiger partial charge in [0.05, 0.1) is 11.9 Å². The van der Waals surface area contributed by atoms with Crippen molar-refractivity contribution >= 4 is 5.91 Å². The van der Waals surface area contributed by atoms with Gasteiger partial charge in [0, 0.05) is 6.54 Å². The topological polar surface area (TPSA) is 59.8 Å². The van der Waals surface area contributed by atoms with Crippen LogP contribution in [-0.2, 0) is 0 Å². The summed E-state index contributed by atoms with van der Waals surface area (Å²) in [6.45, 7) is 2.44. The monoisotopic (exact) mass is 216 g/mol. The molecule has 1 heterocycles. The molecule has 0 saturated carbocycles. The van der Waals surface area contributed by atoms with Gasteiger partial charge in [-0.1, -0.05) is 18.2 Å². The van der Waals surface area contributed by atoms with Gasteiger partial charge in [-0.05, 0) is 19.1 Å². The van der Waals surface area contributed by atoms with Gasteiger partial charge in [-0.3, -0.25) is 4.79 Å². The van der Waals surface area contributed by atoms with E-state index in [-0.39, 0.29) is 5.91 Å². The molecule has 0 spiro atoms. The van der Waals surface area contributed by atoms with Gasteiger partial charge in [0.15, 0.2) is 5.69 Å². The van der Waals surface area contributed by atoms with Crippen molar-refractivity contribution in [2.45, 2.75) is 6.92 Å². The predicted octanol–water partition coefficient (Wildman–Crippen LogP) is 1.02. The van der Waals surface area contributed by atoms with Gasteiger partial charge < -0.3 is 5.32 Å². The molecule has 2 rings (SSSR count). The Morgan fingerprint density at radius 3 is 2.81 bits per heavy atom. The average Bonchev–Trinajstić information content (AvgIpc) is 2.80. The minimum atomic E-state index is -0.204. The fourth-order valence-corrected chi connectivity index (χ4v) is 1.30. The van der Waals surface area contributed by atoms with Crippen LogP contribution >= 0.6 is 0 Å². The number of para-hydroxylation sites is 1. The number of aromatic nitrogens is 3. The molecular weight excluding hydrogens is 204 g/mol. The molecule has 5 nitrogen and oxygen atoms in total. The van der Waals surface area contributed by atoms with Gasteiger partial charge in [-0.2, -0.15) is 9.90 Å². The maximum Gasteiger partial charge on any atom is 0.273 e. The number of nitrogens with one attached hydrogen (secondary N) is 1. The summed E-state index contributed by atoms with van der Waals surface area (Å²) in [4.78, 5) is 12.9. The summed E-state index contributed by atoms with van der Waals surface area (Å²) in [5, 5.41) is 10.8. The molecular formula is C11H12N4O. The first-order chi connectivity index (χ1) is 7.81. The number of hydrogen-bond donors (Lipinski definition) is 1. The van der Waals surface area contributed by atoms with E-state index in [0.717, 1.165) is 5.69 Å². The van der Waals surface area contributed by atoms with Crippen LogP contribution in [0.5, 0.6) is 0 Å². The summed E-state index contributed by atoms with van der Waals surface area (Å²) < 4.78 is 0. The molecule has 0 aliphatic carbocycles. The maximum absolute atomic E-state index is 11.5. The Hall–Kier alpha value is -2.17. The van der Waals surface area contributed by atoms with Crippen molar-refractivity contribution in [2.75, 3.05) is 6.54 Å². The van der Waals surface area contributed by atoms with E-state index in [9.17, 15) is 4.79 Å². The van der Waals surface area contributed by atoms with Crippen LogP contribution in [-0.4, -0.2) is 27.4 Å². The van der Waals surface area contributed by atoms with Crippen LogP contribution in [0.1, 0.15) is 17.4 Å². The Morgan fingerprint density at radius 2 is 2.12 bits per heavy atom. The van der Waals surface area contributed by atoms with Crippen molar-refractivity contribution in [3.63, 3.8) is 0 Å². The van der Waals surface area contributed by atoms with Gasteiger partial charge in [0.2, 0.25) is 0 Å². The molecule has 0 bridgehead atoms. The van der Waals surface area contributed by atoms with Crippen LogP contribution < -0.4 is 5.32 Å². The summed E-state index contributed by atoms with van der Waals surface area (Å²) in [5.74, 6) is -0.204. The van der Waals surface area contributed by atoms with Gasteiger partial charge in [0.25, 0.3) is 5.91 Å². The lowest BCUT2D eigenvalue weighted by molar-refractivity contribution is 0.0950. The first-order valence-electron chi connectivity index (χ1n) is 5.07. The van der Waals surface area contributed by atoms with Crippen LogP contribution in [0.25, 0.3) is 5.69 Å². The number of nitrogens with zero attached hydrogens (tertiary/aromatic N) is 3. The minimum absolute atomic E-state index is 0.204. The molecule has 0 unspecified atom stereocenters. The van der Waals surface area contributed by atoms with Crippen molar-refractivity contribution < 1.29 is 4.79 Å². The third-order valence-electron chi connectivity index (χ3n) is 2.05. The summed E-state index contributed by atoms with van der Waals surface area (Å²) in [6.07, 6.45) is 1.46. The highest BCUT2D eigenvalue weighted by molar-refractivity contribution is 5.91. The zero-order valence-corrected chi connectivity index (χ0v) is 8.92. The zero-order chi connectivity index (χ0) is 11.4. The number of carbonyl (C=O) groups is 1. The van der Waals surface area contributed by atoms with E-state index in [0.29, 0.717) is 12.2 Å². The Kier molecular flexibility index (Phi) is 2.95. The molecule has 5 heteroatoms. The van der Waals surface area contributed by atoms with E-state index in [1.165, 1.54) is 11.0 Å². The van der Waals surface area contributed by atoms with Crippen LogP contribution in [0.2, 0.25) is 0 Å². The van der Waals surface area contributed by atoms with E-state index in [4.69, 9.17) is 0 Å². The van der Waals surface area contributed by atoms with Gasteiger partial charge >= 0.3 is 0 Å². The quantitative estimate of drug-likeness (QED) is 0.833. The second-order valence-electron chi connectivity index (χ2n) is 3.21. The summed E-state index contributed by atoms with van der Waals surface area (Å²) in [7, 11) is 0. The lowest BCUT2D eigenvalue weighted by Crippen LogP contribution is -2.23. The summed E-state index contributed by atoms with van der Waals surface area (Å²) >= 11 is 0. The van der Waals surface area contributed by atoms with Crippen molar-refractivity contribution in [1.29, 1.82) is 0 Å². The molecule has 0 atom stereocenters. The Bertz CT molecular complexity index is 478. The third-order valence-corrected chi connectivity index (χ3v) is 2.05. The second-order valence-corrected chi connectivity index (χ2v) is 3.21. The van der Waals surface area contributed by atoms with Gasteiger partial charge in [0.1, 0.15) is 0 Å². The Balaban J connectivity index is 2.23. The lowest BCUT2D eigenvalue weighted by atomic mass is 10.3. The largest absolute Gasteiger partial charge is 0.351 e. The zero-order valence-electron chi connectivity index (χ0n) is 8.92. The molecule has 0 aliphatic heterocycles. The summed E-state index contributed by atoms with van der Waals surface area (Å²) in [5.41, 5.74) is 1.16. The number of hydrogen-bond acceptors (Lipinski definition) is 3. The minimum Gasteiger partial charge on any atom is -0.351 e. The number of rotatable bonds is 3. The van der Waals surface area contributed by atoms with E-state index >= 15 is 0 Å². The molecule has 2 aromatic rings.